The third-order valence-electron chi connectivity index (χ3n) is 3.37. The topological polar surface area (TPSA) is 59.4 Å². The van der Waals surface area contributed by atoms with Crippen LogP contribution in [0.3, 0.4) is 0 Å². The van der Waals surface area contributed by atoms with Crippen LogP contribution in [0.4, 0.5) is 0 Å². The van der Waals surface area contributed by atoms with Crippen LogP contribution in [0, 0.1) is 6.92 Å². The number of rotatable bonds is 6. The lowest BCUT2D eigenvalue weighted by atomic mass is 9.90. The van der Waals surface area contributed by atoms with Gasteiger partial charge in [0.25, 0.3) is 0 Å². The number of pyridine rings is 1. The van der Waals surface area contributed by atoms with Crippen molar-refractivity contribution in [1.82, 2.24) is 4.98 Å². The quantitative estimate of drug-likeness (QED) is 0.885. The number of benzene rings is 1. The Morgan fingerprint density at radius 3 is 2.71 bits per heavy atom. The number of ether oxygens (including phenoxy) is 1. The maximum atomic E-state index is 11.6. The summed E-state index contributed by atoms with van der Waals surface area (Å²) in [5, 5.41) is 9.53. The average Bonchev–Trinajstić information content (AvgIpc) is 2.47. The molecule has 0 saturated heterocycles. The van der Waals surface area contributed by atoms with E-state index < -0.39 is 11.9 Å². The fourth-order valence-corrected chi connectivity index (χ4v) is 2.35. The van der Waals surface area contributed by atoms with Crippen molar-refractivity contribution < 1.29 is 14.6 Å². The third kappa shape index (κ3) is 3.81. The molecule has 1 atom stereocenters. The predicted molar refractivity (Wildman–Crippen MR) is 80.7 cm³/mol. The molecule has 2 aromatic rings. The molecule has 1 aromatic carbocycles. The highest BCUT2D eigenvalue weighted by molar-refractivity contribution is 5.77. The average molecular weight is 285 g/mol. The molecule has 0 spiro atoms. The Labute approximate surface area is 124 Å². The second kappa shape index (κ2) is 6.88. The highest BCUT2D eigenvalue weighted by Crippen LogP contribution is 2.27. The van der Waals surface area contributed by atoms with E-state index in [-0.39, 0.29) is 0 Å². The van der Waals surface area contributed by atoms with E-state index in [1.807, 2.05) is 50.2 Å². The van der Waals surface area contributed by atoms with Crippen molar-refractivity contribution in [2.24, 2.45) is 0 Å². The van der Waals surface area contributed by atoms with Gasteiger partial charge in [-0.3, -0.25) is 9.78 Å². The van der Waals surface area contributed by atoms with Crippen LogP contribution in [0.5, 0.6) is 5.75 Å². The number of hydrogen-bond acceptors (Lipinski definition) is 3. The Kier molecular flexibility index (Phi) is 4.93. The number of carbonyl (C=O) groups is 1. The maximum Gasteiger partial charge on any atom is 0.311 e. The molecule has 4 heteroatoms. The molecule has 21 heavy (non-hydrogen) atoms. The molecule has 2 rings (SSSR count). The van der Waals surface area contributed by atoms with E-state index in [2.05, 4.69) is 4.98 Å². The first-order valence-corrected chi connectivity index (χ1v) is 6.98. The Morgan fingerprint density at radius 2 is 2.14 bits per heavy atom. The number of aromatic nitrogens is 1. The van der Waals surface area contributed by atoms with Gasteiger partial charge in [0.1, 0.15) is 5.75 Å². The molecule has 0 saturated carbocycles. The zero-order chi connectivity index (χ0) is 15.2. The molecule has 1 N–H and O–H groups in total. The van der Waals surface area contributed by atoms with E-state index >= 15 is 0 Å². The molecule has 0 aliphatic carbocycles. The summed E-state index contributed by atoms with van der Waals surface area (Å²) in [6, 6.07) is 11.1. The first-order valence-electron chi connectivity index (χ1n) is 6.98. The lowest BCUT2D eigenvalue weighted by Gasteiger charge is -2.16. The van der Waals surface area contributed by atoms with Crippen LogP contribution < -0.4 is 4.74 Å². The molecule has 4 nitrogen and oxygen atoms in total. The summed E-state index contributed by atoms with van der Waals surface area (Å²) < 4.78 is 5.44. The molecule has 0 fully saturated rings. The van der Waals surface area contributed by atoms with E-state index in [9.17, 15) is 9.90 Å². The molecule has 0 aliphatic heterocycles. The molecular weight excluding hydrogens is 266 g/mol. The first kappa shape index (κ1) is 15.0. The first-order chi connectivity index (χ1) is 10.1. The smallest absolute Gasteiger partial charge is 0.311 e. The number of aliphatic carboxylic acids is 1. The van der Waals surface area contributed by atoms with Gasteiger partial charge in [0.05, 0.1) is 12.5 Å². The van der Waals surface area contributed by atoms with Gasteiger partial charge in [0.15, 0.2) is 0 Å². The summed E-state index contributed by atoms with van der Waals surface area (Å²) >= 11 is 0. The number of carboxylic acids is 1. The summed E-state index contributed by atoms with van der Waals surface area (Å²) in [4.78, 5) is 15.8. The summed E-state index contributed by atoms with van der Waals surface area (Å²) in [6.45, 7) is 4.42. The number of aryl methyl sites for hydroxylation is 1. The van der Waals surface area contributed by atoms with Crippen LogP contribution in [-0.4, -0.2) is 22.7 Å². The van der Waals surface area contributed by atoms with E-state index in [0.717, 1.165) is 22.6 Å². The van der Waals surface area contributed by atoms with Gasteiger partial charge in [-0.2, -0.15) is 0 Å². The molecule has 0 radical (unpaired) electrons. The normalized spacial score (nSPS) is 11.9. The lowest BCUT2D eigenvalue weighted by Crippen LogP contribution is -2.16. The zero-order valence-electron chi connectivity index (χ0n) is 12.2. The van der Waals surface area contributed by atoms with E-state index in [1.54, 1.807) is 6.20 Å². The number of hydrogen-bond donors (Lipinski definition) is 1. The van der Waals surface area contributed by atoms with Crippen LogP contribution in [0.15, 0.2) is 42.6 Å². The summed E-state index contributed by atoms with van der Waals surface area (Å²) in [6.07, 6.45) is 2.06. The van der Waals surface area contributed by atoms with Crippen molar-refractivity contribution in [3.8, 4) is 5.75 Å². The van der Waals surface area contributed by atoms with Crippen molar-refractivity contribution in [3.63, 3.8) is 0 Å². The SMILES string of the molecule is CCOc1ccc(C(Cc2ccccn2)C(=O)O)c(C)c1. The van der Waals surface area contributed by atoms with Gasteiger partial charge in [-0.15, -0.1) is 0 Å². The number of carboxylic acid groups (broad SMARTS) is 1. The van der Waals surface area contributed by atoms with Crippen molar-refractivity contribution in [2.75, 3.05) is 6.61 Å². The monoisotopic (exact) mass is 285 g/mol. The fraction of sp³-hybridized carbons (Fsp3) is 0.294. The largest absolute Gasteiger partial charge is 0.494 e. The summed E-state index contributed by atoms with van der Waals surface area (Å²) in [5.74, 6) is -0.677. The third-order valence-corrected chi connectivity index (χ3v) is 3.37. The molecule has 0 amide bonds. The fourth-order valence-electron chi connectivity index (χ4n) is 2.35. The van der Waals surface area contributed by atoms with E-state index in [1.165, 1.54) is 0 Å². The van der Waals surface area contributed by atoms with Crippen molar-refractivity contribution >= 4 is 5.97 Å². The second-order valence-electron chi connectivity index (χ2n) is 4.87. The van der Waals surface area contributed by atoms with E-state index in [0.29, 0.717) is 13.0 Å². The van der Waals surface area contributed by atoms with Crippen molar-refractivity contribution in [1.29, 1.82) is 0 Å². The zero-order valence-corrected chi connectivity index (χ0v) is 12.2. The molecule has 0 bridgehead atoms. The van der Waals surface area contributed by atoms with Crippen LogP contribution in [0.2, 0.25) is 0 Å². The summed E-state index contributed by atoms with van der Waals surface area (Å²) in [7, 11) is 0. The Morgan fingerprint density at radius 1 is 1.33 bits per heavy atom. The lowest BCUT2D eigenvalue weighted by molar-refractivity contribution is -0.138. The van der Waals surface area contributed by atoms with Crippen molar-refractivity contribution in [3.05, 3.63) is 59.4 Å². The summed E-state index contributed by atoms with van der Waals surface area (Å²) in [5.41, 5.74) is 2.50. The minimum absolute atomic E-state index is 0.380. The minimum atomic E-state index is -0.840. The van der Waals surface area contributed by atoms with Gasteiger partial charge in [-0.05, 0) is 49.2 Å². The van der Waals surface area contributed by atoms with Gasteiger partial charge in [0.2, 0.25) is 0 Å². The van der Waals surface area contributed by atoms with Gasteiger partial charge in [-0.25, -0.2) is 0 Å². The van der Waals surface area contributed by atoms with E-state index in [4.69, 9.17) is 4.74 Å². The highest BCUT2D eigenvalue weighted by Gasteiger charge is 2.22. The molecule has 0 aliphatic rings. The standard InChI is InChI=1S/C17H19NO3/c1-3-21-14-7-8-15(12(2)10-14)16(17(19)20)11-13-6-4-5-9-18-13/h4-10,16H,3,11H2,1-2H3,(H,19,20). The molecular formula is C17H19NO3. The Balaban J connectivity index is 2.28. The number of nitrogens with zero attached hydrogens (tertiary/aromatic N) is 1. The highest BCUT2D eigenvalue weighted by atomic mass is 16.5. The van der Waals surface area contributed by atoms with Gasteiger partial charge in [-0.1, -0.05) is 12.1 Å². The Hall–Kier alpha value is -2.36. The van der Waals surface area contributed by atoms with Crippen molar-refractivity contribution in [2.45, 2.75) is 26.2 Å². The molecule has 1 unspecified atom stereocenters. The van der Waals surface area contributed by atoms with Gasteiger partial charge >= 0.3 is 5.97 Å². The van der Waals surface area contributed by atoms with Gasteiger partial charge in [0, 0.05) is 18.3 Å². The Bertz CT molecular complexity index is 611. The molecule has 1 heterocycles. The minimum Gasteiger partial charge on any atom is -0.494 e. The van der Waals surface area contributed by atoms with Crippen LogP contribution in [-0.2, 0) is 11.2 Å². The van der Waals surface area contributed by atoms with Crippen LogP contribution in [0.25, 0.3) is 0 Å². The van der Waals surface area contributed by atoms with Crippen LogP contribution in [0.1, 0.15) is 29.7 Å². The second-order valence-corrected chi connectivity index (χ2v) is 4.87. The molecule has 1 aromatic heterocycles. The molecule has 110 valence electrons. The predicted octanol–water partition coefficient (Wildman–Crippen LogP) is 3.20. The maximum absolute atomic E-state index is 11.6. The van der Waals surface area contributed by atoms with Crippen LogP contribution >= 0.6 is 0 Å². The van der Waals surface area contributed by atoms with Gasteiger partial charge < -0.3 is 9.84 Å².